The van der Waals surface area contributed by atoms with Crippen LogP contribution in [0.15, 0.2) is 48.5 Å². The lowest BCUT2D eigenvalue weighted by Crippen LogP contribution is -2.25. The van der Waals surface area contributed by atoms with Crippen molar-refractivity contribution in [3.8, 4) is 11.5 Å². The van der Waals surface area contributed by atoms with Gasteiger partial charge in [-0.3, -0.25) is 0 Å². The SMILES string of the molecule is OC[C@H](NCc1cccc2c1OCCO2)c1ccccc1. The van der Waals surface area contributed by atoms with E-state index in [0.717, 1.165) is 22.6 Å². The third-order valence-electron chi connectivity index (χ3n) is 3.57. The Labute approximate surface area is 124 Å². The molecule has 0 saturated heterocycles. The number of para-hydroxylation sites is 1. The number of benzene rings is 2. The van der Waals surface area contributed by atoms with Crippen LogP contribution in [0.25, 0.3) is 0 Å². The zero-order valence-corrected chi connectivity index (χ0v) is 11.8. The second-order valence-electron chi connectivity index (χ2n) is 4.97. The van der Waals surface area contributed by atoms with E-state index in [-0.39, 0.29) is 12.6 Å². The Morgan fingerprint density at radius 2 is 1.81 bits per heavy atom. The molecule has 110 valence electrons. The summed E-state index contributed by atoms with van der Waals surface area (Å²) in [6.45, 7) is 1.84. The van der Waals surface area contributed by atoms with Gasteiger partial charge in [0.05, 0.1) is 12.6 Å². The fourth-order valence-corrected chi connectivity index (χ4v) is 2.48. The molecule has 1 aliphatic rings. The van der Waals surface area contributed by atoms with Gasteiger partial charge in [-0.15, -0.1) is 0 Å². The maximum atomic E-state index is 9.58. The lowest BCUT2D eigenvalue weighted by molar-refractivity contribution is 0.169. The number of aliphatic hydroxyl groups excluding tert-OH is 1. The van der Waals surface area contributed by atoms with Gasteiger partial charge in [0.2, 0.25) is 0 Å². The first kappa shape index (κ1) is 13.9. The van der Waals surface area contributed by atoms with Crippen LogP contribution in [0, 0.1) is 0 Å². The second kappa shape index (κ2) is 6.61. The van der Waals surface area contributed by atoms with Crippen LogP contribution in [-0.2, 0) is 6.54 Å². The number of hydrogen-bond acceptors (Lipinski definition) is 4. The Hall–Kier alpha value is -2.04. The molecular weight excluding hydrogens is 266 g/mol. The average molecular weight is 285 g/mol. The van der Waals surface area contributed by atoms with Gasteiger partial charge in [-0.1, -0.05) is 42.5 Å². The Morgan fingerprint density at radius 3 is 2.62 bits per heavy atom. The molecule has 0 fully saturated rings. The van der Waals surface area contributed by atoms with E-state index in [0.29, 0.717) is 19.8 Å². The lowest BCUT2D eigenvalue weighted by atomic mass is 10.1. The molecule has 4 heteroatoms. The molecule has 0 bridgehead atoms. The van der Waals surface area contributed by atoms with Crippen molar-refractivity contribution in [3.05, 3.63) is 59.7 Å². The minimum atomic E-state index is -0.0911. The van der Waals surface area contributed by atoms with E-state index in [1.165, 1.54) is 0 Å². The first-order valence-electron chi connectivity index (χ1n) is 7.15. The Balaban J connectivity index is 1.72. The van der Waals surface area contributed by atoms with Crippen LogP contribution in [0.2, 0.25) is 0 Å². The predicted octanol–water partition coefficient (Wildman–Crippen LogP) is 2.28. The molecular formula is C17H19NO3. The van der Waals surface area contributed by atoms with E-state index in [2.05, 4.69) is 5.32 Å². The molecule has 3 rings (SSSR count). The molecule has 4 nitrogen and oxygen atoms in total. The monoisotopic (exact) mass is 285 g/mol. The maximum absolute atomic E-state index is 9.58. The summed E-state index contributed by atoms with van der Waals surface area (Å²) in [6, 6.07) is 15.7. The smallest absolute Gasteiger partial charge is 0.165 e. The summed E-state index contributed by atoms with van der Waals surface area (Å²) in [7, 11) is 0. The van der Waals surface area contributed by atoms with Crippen molar-refractivity contribution in [1.82, 2.24) is 5.32 Å². The van der Waals surface area contributed by atoms with Gasteiger partial charge in [0.25, 0.3) is 0 Å². The van der Waals surface area contributed by atoms with E-state index in [1.54, 1.807) is 0 Å². The van der Waals surface area contributed by atoms with Crippen molar-refractivity contribution in [3.63, 3.8) is 0 Å². The highest BCUT2D eigenvalue weighted by atomic mass is 16.6. The van der Waals surface area contributed by atoms with Crippen molar-refractivity contribution in [2.75, 3.05) is 19.8 Å². The molecule has 0 amide bonds. The highest BCUT2D eigenvalue weighted by Crippen LogP contribution is 2.33. The summed E-state index contributed by atoms with van der Waals surface area (Å²) >= 11 is 0. The number of hydrogen-bond donors (Lipinski definition) is 2. The van der Waals surface area contributed by atoms with Gasteiger partial charge in [0, 0.05) is 12.1 Å². The Kier molecular flexibility index (Phi) is 4.38. The molecule has 2 aromatic rings. The quantitative estimate of drug-likeness (QED) is 0.885. The zero-order valence-electron chi connectivity index (χ0n) is 11.8. The number of ether oxygens (including phenoxy) is 2. The Morgan fingerprint density at radius 1 is 1.00 bits per heavy atom. The minimum absolute atomic E-state index is 0.0520. The fourth-order valence-electron chi connectivity index (χ4n) is 2.48. The van der Waals surface area contributed by atoms with Crippen LogP contribution in [0.3, 0.4) is 0 Å². The molecule has 0 radical (unpaired) electrons. The van der Waals surface area contributed by atoms with Crippen LogP contribution in [0.4, 0.5) is 0 Å². The molecule has 0 saturated carbocycles. The molecule has 1 heterocycles. The van der Waals surface area contributed by atoms with Crippen LogP contribution < -0.4 is 14.8 Å². The van der Waals surface area contributed by atoms with Crippen molar-refractivity contribution in [1.29, 1.82) is 0 Å². The normalized spacial score (nSPS) is 14.7. The summed E-state index contributed by atoms with van der Waals surface area (Å²) in [4.78, 5) is 0. The third-order valence-corrected chi connectivity index (χ3v) is 3.57. The van der Waals surface area contributed by atoms with Crippen LogP contribution >= 0.6 is 0 Å². The van der Waals surface area contributed by atoms with E-state index >= 15 is 0 Å². The van der Waals surface area contributed by atoms with E-state index in [9.17, 15) is 5.11 Å². The van der Waals surface area contributed by atoms with Gasteiger partial charge in [0.15, 0.2) is 11.5 Å². The molecule has 0 aliphatic carbocycles. The standard InChI is InChI=1S/C17H19NO3/c19-12-15(13-5-2-1-3-6-13)18-11-14-7-4-8-16-17(14)21-10-9-20-16/h1-8,15,18-19H,9-12H2/t15-/m0/s1. The van der Waals surface area contributed by atoms with E-state index in [4.69, 9.17) is 9.47 Å². The summed E-state index contributed by atoms with van der Waals surface area (Å²) in [5, 5.41) is 12.9. The summed E-state index contributed by atoms with van der Waals surface area (Å²) in [6.07, 6.45) is 0. The van der Waals surface area contributed by atoms with Crippen molar-refractivity contribution in [2.45, 2.75) is 12.6 Å². The number of fused-ring (bicyclic) bond motifs is 1. The molecule has 2 aromatic carbocycles. The van der Waals surface area contributed by atoms with Crippen LogP contribution in [0.5, 0.6) is 11.5 Å². The van der Waals surface area contributed by atoms with Crippen molar-refractivity contribution >= 4 is 0 Å². The molecule has 2 N–H and O–H groups in total. The molecule has 21 heavy (non-hydrogen) atoms. The first-order chi connectivity index (χ1) is 10.4. The van der Waals surface area contributed by atoms with Crippen molar-refractivity contribution in [2.24, 2.45) is 0 Å². The number of aliphatic hydroxyl groups is 1. The van der Waals surface area contributed by atoms with Crippen molar-refractivity contribution < 1.29 is 14.6 Å². The molecule has 0 aromatic heterocycles. The van der Waals surface area contributed by atoms with E-state index in [1.807, 2.05) is 48.5 Å². The summed E-state index contributed by atoms with van der Waals surface area (Å²) in [5.41, 5.74) is 2.11. The third kappa shape index (κ3) is 3.17. The summed E-state index contributed by atoms with van der Waals surface area (Å²) < 4.78 is 11.3. The van der Waals surface area contributed by atoms with Gasteiger partial charge in [-0.05, 0) is 11.6 Å². The van der Waals surface area contributed by atoms with Gasteiger partial charge in [-0.2, -0.15) is 0 Å². The maximum Gasteiger partial charge on any atom is 0.165 e. The molecule has 1 atom stereocenters. The largest absolute Gasteiger partial charge is 0.486 e. The topological polar surface area (TPSA) is 50.7 Å². The molecule has 0 spiro atoms. The highest BCUT2D eigenvalue weighted by molar-refractivity contribution is 5.47. The molecule has 0 unspecified atom stereocenters. The van der Waals surface area contributed by atoms with E-state index < -0.39 is 0 Å². The number of rotatable bonds is 5. The number of nitrogens with one attached hydrogen (secondary N) is 1. The van der Waals surface area contributed by atoms with Gasteiger partial charge in [0.1, 0.15) is 13.2 Å². The second-order valence-corrected chi connectivity index (χ2v) is 4.97. The van der Waals surface area contributed by atoms with Gasteiger partial charge >= 0.3 is 0 Å². The average Bonchev–Trinajstić information content (AvgIpc) is 2.56. The first-order valence-corrected chi connectivity index (χ1v) is 7.15. The summed E-state index contributed by atoms with van der Waals surface area (Å²) in [5.74, 6) is 1.60. The lowest BCUT2D eigenvalue weighted by Gasteiger charge is -2.22. The van der Waals surface area contributed by atoms with Crippen LogP contribution in [-0.4, -0.2) is 24.9 Å². The van der Waals surface area contributed by atoms with Gasteiger partial charge in [-0.25, -0.2) is 0 Å². The molecule has 1 aliphatic heterocycles. The highest BCUT2D eigenvalue weighted by Gasteiger charge is 2.16. The fraction of sp³-hybridized carbons (Fsp3) is 0.294. The van der Waals surface area contributed by atoms with Gasteiger partial charge < -0.3 is 19.9 Å². The predicted molar refractivity (Wildman–Crippen MR) is 80.5 cm³/mol. The minimum Gasteiger partial charge on any atom is -0.486 e. The van der Waals surface area contributed by atoms with Crippen LogP contribution in [0.1, 0.15) is 17.2 Å². The Bertz CT molecular complexity index is 586. The zero-order chi connectivity index (χ0) is 14.5.